The van der Waals surface area contributed by atoms with E-state index in [-0.39, 0.29) is 6.61 Å². The van der Waals surface area contributed by atoms with E-state index >= 15 is 0 Å². The molecule has 0 atom stereocenters. The molecular weight excluding hydrogens is 440 g/mol. The molecule has 0 saturated carbocycles. The lowest BCUT2D eigenvalue weighted by Gasteiger charge is -2.06. The third-order valence-electron chi connectivity index (χ3n) is 4.72. The van der Waals surface area contributed by atoms with Gasteiger partial charge in [-0.3, -0.25) is 4.79 Å². The van der Waals surface area contributed by atoms with E-state index in [0.29, 0.717) is 16.5 Å². The molecule has 0 aliphatic carbocycles. The van der Waals surface area contributed by atoms with Crippen LogP contribution in [0.5, 0.6) is 11.5 Å². The maximum atomic E-state index is 12.1. The molecule has 3 aromatic carbocycles. The van der Waals surface area contributed by atoms with Gasteiger partial charge in [0.2, 0.25) is 0 Å². The quantitative estimate of drug-likeness (QED) is 0.304. The zero-order valence-corrected chi connectivity index (χ0v) is 18.6. The van der Waals surface area contributed by atoms with E-state index in [9.17, 15) is 4.79 Å². The van der Waals surface area contributed by atoms with Crippen molar-refractivity contribution in [2.45, 2.75) is 0 Å². The number of benzene rings is 3. The average molecular weight is 461 g/mol. The maximum Gasteiger partial charge on any atom is 0.277 e. The summed E-state index contributed by atoms with van der Waals surface area (Å²) in [6.45, 7) is -0.213. The number of nitrogens with zero attached hydrogens (tertiary/aromatic N) is 3. The Bertz CT molecular complexity index is 1250. The molecule has 0 unspecified atom stereocenters. The van der Waals surface area contributed by atoms with Crippen molar-refractivity contribution < 1.29 is 14.3 Å². The van der Waals surface area contributed by atoms with Gasteiger partial charge >= 0.3 is 0 Å². The molecule has 1 N–H and O–H groups in total. The number of para-hydroxylation sites is 2. The van der Waals surface area contributed by atoms with Crippen molar-refractivity contribution in [2.75, 3.05) is 13.7 Å². The fraction of sp³-hybridized carbons (Fsp3) is 0.0800. The van der Waals surface area contributed by atoms with Crippen LogP contribution < -0.4 is 14.9 Å². The summed E-state index contributed by atoms with van der Waals surface area (Å²) in [7, 11) is 1.62. The van der Waals surface area contributed by atoms with Crippen LogP contribution in [0.2, 0.25) is 5.02 Å². The van der Waals surface area contributed by atoms with Crippen LogP contribution in [0.4, 0.5) is 0 Å². The van der Waals surface area contributed by atoms with Crippen molar-refractivity contribution in [1.29, 1.82) is 0 Å². The van der Waals surface area contributed by atoms with Crippen LogP contribution in [-0.4, -0.2) is 35.6 Å². The minimum absolute atomic E-state index is 0.213. The number of hydrogen-bond acceptors (Lipinski definition) is 5. The first-order chi connectivity index (χ1) is 16.1. The molecule has 0 fully saturated rings. The average Bonchev–Trinajstić information content (AvgIpc) is 3.28. The number of methoxy groups -OCH3 is 1. The van der Waals surface area contributed by atoms with Crippen LogP contribution in [0, 0.1) is 0 Å². The van der Waals surface area contributed by atoms with Gasteiger partial charge in [0, 0.05) is 17.3 Å². The number of hydrogen-bond donors (Lipinski definition) is 1. The van der Waals surface area contributed by atoms with Crippen molar-refractivity contribution in [3.63, 3.8) is 0 Å². The first-order valence-corrected chi connectivity index (χ1v) is 10.5. The Morgan fingerprint density at radius 2 is 1.79 bits per heavy atom. The molecule has 33 heavy (non-hydrogen) atoms. The smallest absolute Gasteiger partial charge is 0.277 e. The monoisotopic (exact) mass is 460 g/mol. The number of halogens is 1. The fourth-order valence-electron chi connectivity index (χ4n) is 3.08. The van der Waals surface area contributed by atoms with Crippen molar-refractivity contribution in [2.24, 2.45) is 5.10 Å². The van der Waals surface area contributed by atoms with E-state index in [1.807, 2.05) is 60.8 Å². The van der Waals surface area contributed by atoms with Crippen molar-refractivity contribution in [3.05, 3.63) is 95.6 Å². The Balaban J connectivity index is 1.51. The Labute approximate surface area is 196 Å². The summed E-state index contributed by atoms with van der Waals surface area (Å²) in [6, 6.07) is 24.3. The highest BCUT2D eigenvalue weighted by atomic mass is 35.5. The molecule has 0 saturated heterocycles. The first-order valence-electron chi connectivity index (χ1n) is 10.1. The second-order valence-corrected chi connectivity index (χ2v) is 7.36. The standard InChI is InChI=1S/C25H21ClN4O3/c1-32-21-13-11-18(12-14-21)25-19(16-30(29-25)20-7-3-2-4-8-20)15-27-28-24(31)17-33-23-10-6-5-9-22(23)26/h2-16H,17H2,1H3,(H,28,31). The summed E-state index contributed by atoms with van der Waals surface area (Å²) < 4.78 is 12.4. The predicted molar refractivity (Wildman–Crippen MR) is 128 cm³/mol. The minimum Gasteiger partial charge on any atom is -0.497 e. The van der Waals surface area contributed by atoms with Crippen LogP contribution >= 0.6 is 11.6 Å². The molecule has 4 rings (SSSR count). The molecule has 0 aliphatic heterocycles. The van der Waals surface area contributed by atoms with Crippen LogP contribution in [0.25, 0.3) is 16.9 Å². The third-order valence-corrected chi connectivity index (χ3v) is 5.03. The van der Waals surface area contributed by atoms with Gasteiger partial charge in [-0.1, -0.05) is 41.9 Å². The molecule has 0 aliphatic rings. The molecule has 1 aromatic heterocycles. The molecule has 7 nitrogen and oxygen atoms in total. The van der Waals surface area contributed by atoms with Gasteiger partial charge in [0.1, 0.15) is 17.2 Å². The fourth-order valence-corrected chi connectivity index (χ4v) is 3.27. The molecule has 1 heterocycles. The largest absolute Gasteiger partial charge is 0.497 e. The van der Waals surface area contributed by atoms with E-state index in [4.69, 9.17) is 26.2 Å². The molecule has 0 spiro atoms. The summed E-state index contributed by atoms with van der Waals surface area (Å²) >= 11 is 6.04. The van der Waals surface area contributed by atoms with Gasteiger partial charge in [-0.15, -0.1) is 0 Å². The lowest BCUT2D eigenvalue weighted by atomic mass is 10.1. The first kappa shape index (κ1) is 22.1. The van der Waals surface area contributed by atoms with Gasteiger partial charge < -0.3 is 9.47 Å². The predicted octanol–water partition coefficient (Wildman–Crippen LogP) is 4.73. The normalized spacial score (nSPS) is 10.8. The van der Waals surface area contributed by atoms with Crippen LogP contribution in [0.15, 0.2) is 90.2 Å². The summed E-state index contributed by atoms with van der Waals surface area (Å²) in [5, 5.41) is 9.25. The molecule has 8 heteroatoms. The van der Waals surface area contributed by atoms with Gasteiger partial charge in [-0.2, -0.15) is 10.2 Å². The maximum absolute atomic E-state index is 12.1. The Kier molecular flexibility index (Phi) is 7.02. The van der Waals surface area contributed by atoms with Crippen LogP contribution in [-0.2, 0) is 4.79 Å². The highest BCUT2D eigenvalue weighted by molar-refractivity contribution is 6.32. The second-order valence-electron chi connectivity index (χ2n) is 6.95. The molecule has 166 valence electrons. The molecule has 1 amide bonds. The van der Waals surface area contributed by atoms with Gasteiger partial charge in [0.25, 0.3) is 5.91 Å². The zero-order chi connectivity index (χ0) is 23.0. The van der Waals surface area contributed by atoms with E-state index in [0.717, 1.165) is 22.6 Å². The third kappa shape index (κ3) is 5.58. The van der Waals surface area contributed by atoms with Crippen molar-refractivity contribution >= 4 is 23.7 Å². The number of hydrazone groups is 1. The van der Waals surface area contributed by atoms with Gasteiger partial charge in [0.15, 0.2) is 6.61 Å². The van der Waals surface area contributed by atoms with E-state index < -0.39 is 5.91 Å². The number of aromatic nitrogens is 2. The van der Waals surface area contributed by atoms with Gasteiger partial charge in [-0.25, -0.2) is 10.1 Å². The van der Waals surface area contributed by atoms with Crippen LogP contribution in [0.1, 0.15) is 5.56 Å². The summed E-state index contributed by atoms with van der Waals surface area (Å²) in [5.41, 5.74) is 5.72. The lowest BCUT2D eigenvalue weighted by molar-refractivity contribution is -0.123. The second kappa shape index (κ2) is 10.5. The summed E-state index contributed by atoms with van der Waals surface area (Å²) in [5.74, 6) is 0.777. The topological polar surface area (TPSA) is 77.7 Å². The number of carbonyl (C=O) groups is 1. The highest BCUT2D eigenvalue weighted by Crippen LogP contribution is 2.25. The Hall–Kier alpha value is -4.10. The number of nitrogens with one attached hydrogen (secondary N) is 1. The Morgan fingerprint density at radius 1 is 1.06 bits per heavy atom. The summed E-state index contributed by atoms with van der Waals surface area (Å²) in [4.78, 5) is 12.1. The molecular formula is C25H21ClN4O3. The van der Waals surface area contributed by atoms with Crippen molar-refractivity contribution in [3.8, 4) is 28.4 Å². The van der Waals surface area contributed by atoms with Gasteiger partial charge in [0.05, 0.1) is 24.0 Å². The number of rotatable bonds is 8. The Morgan fingerprint density at radius 3 is 2.52 bits per heavy atom. The number of ether oxygens (including phenoxy) is 2. The van der Waals surface area contributed by atoms with Gasteiger partial charge in [-0.05, 0) is 48.5 Å². The highest BCUT2D eigenvalue weighted by Gasteiger charge is 2.12. The molecule has 0 bridgehead atoms. The number of carbonyl (C=O) groups excluding carboxylic acids is 1. The van der Waals surface area contributed by atoms with Crippen molar-refractivity contribution in [1.82, 2.24) is 15.2 Å². The summed E-state index contributed by atoms with van der Waals surface area (Å²) in [6.07, 6.45) is 3.41. The van der Waals surface area contributed by atoms with E-state index in [1.54, 1.807) is 42.3 Å². The van der Waals surface area contributed by atoms with E-state index in [2.05, 4.69) is 10.5 Å². The minimum atomic E-state index is -0.410. The zero-order valence-electron chi connectivity index (χ0n) is 17.8. The van der Waals surface area contributed by atoms with E-state index in [1.165, 1.54) is 0 Å². The molecule has 4 aromatic rings. The lowest BCUT2D eigenvalue weighted by Crippen LogP contribution is -2.24. The molecule has 0 radical (unpaired) electrons. The van der Waals surface area contributed by atoms with Crippen LogP contribution in [0.3, 0.4) is 0 Å². The SMILES string of the molecule is COc1ccc(-c2nn(-c3ccccc3)cc2C=NNC(=O)COc2ccccc2Cl)cc1. The number of amides is 1.